The molecule has 0 aromatic carbocycles. The van der Waals surface area contributed by atoms with E-state index in [1.54, 1.807) is 7.05 Å². The number of nitrogens with zero attached hydrogens (tertiary/aromatic N) is 4. The van der Waals surface area contributed by atoms with E-state index in [-0.39, 0.29) is 22.4 Å². The maximum absolute atomic E-state index is 13.5. The number of anilines is 1. The number of alkyl halides is 2. The van der Waals surface area contributed by atoms with E-state index >= 15 is 0 Å². The number of hydrogen-bond acceptors (Lipinski definition) is 6. The van der Waals surface area contributed by atoms with Crippen molar-refractivity contribution in [2.24, 2.45) is 0 Å². The molecule has 1 saturated carbocycles. The summed E-state index contributed by atoms with van der Waals surface area (Å²) in [5, 5.41) is 3.83. The molecule has 10 heteroatoms. The van der Waals surface area contributed by atoms with Crippen molar-refractivity contribution < 1.29 is 22.0 Å². The Labute approximate surface area is 162 Å². The van der Waals surface area contributed by atoms with Crippen molar-refractivity contribution in [2.45, 2.75) is 49.6 Å². The standard InChI is InChI=1S/C18H22F2N4O3S/c1-23(12-6-4-3-5-7-12)18-14(11-25)16(17(19)20)22-24(18)13-8-9-15(21-10-13)28(2,26)27/h8-12,17H,3-7H2,1-2H3. The topological polar surface area (TPSA) is 85.2 Å². The third-order valence-corrected chi connectivity index (χ3v) is 6.05. The lowest BCUT2D eigenvalue weighted by atomic mass is 9.94. The number of pyridine rings is 1. The zero-order chi connectivity index (χ0) is 20.5. The highest BCUT2D eigenvalue weighted by Crippen LogP contribution is 2.34. The molecule has 0 N–H and O–H groups in total. The Morgan fingerprint density at radius 3 is 2.43 bits per heavy atom. The summed E-state index contributed by atoms with van der Waals surface area (Å²) >= 11 is 0. The molecule has 0 bridgehead atoms. The Morgan fingerprint density at radius 1 is 1.25 bits per heavy atom. The van der Waals surface area contributed by atoms with Gasteiger partial charge in [0.15, 0.2) is 21.1 Å². The molecule has 2 aromatic rings. The number of rotatable bonds is 6. The van der Waals surface area contributed by atoms with Gasteiger partial charge in [-0.2, -0.15) is 5.10 Å². The average Bonchev–Trinajstić information content (AvgIpc) is 3.07. The second-order valence-electron chi connectivity index (χ2n) is 6.98. The van der Waals surface area contributed by atoms with Crippen LogP contribution in [0, 0.1) is 0 Å². The van der Waals surface area contributed by atoms with Gasteiger partial charge in [-0.15, -0.1) is 0 Å². The van der Waals surface area contributed by atoms with E-state index in [1.165, 1.54) is 23.0 Å². The first-order valence-corrected chi connectivity index (χ1v) is 10.9. The highest BCUT2D eigenvalue weighted by atomic mass is 32.2. The zero-order valence-electron chi connectivity index (χ0n) is 15.7. The van der Waals surface area contributed by atoms with Gasteiger partial charge in [-0.3, -0.25) is 4.79 Å². The number of hydrogen-bond donors (Lipinski definition) is 0. The van der Waals surface area contributed by atoms with E-state index in [2.05, 4.69) is 10.1 Å². The molecule has 152 valence electrons. The predicted octanol–water partition coefficient (Wildman–Crippen LogP) is 3.19. The maximum Gasteiger partial charge on any atom is 0.282 e. The van der Waals surface area contributed by atoms with Crippen molar-refractivity contribution in [1.82, 2.24) is 14.8 Å². The van der Waals surface area contributed by atoms with Crippen LogP contribution in [0.25, 0.3) is 5.69 Å². The van der Waals surface area contributed by atoms with Crippen LogP contribution in [0.3, 0.4) is 0 Å². The Balaban J connectivity index is 2.12. The van der Waals surface area contributed by atoms with Crippen molar-refractivity contribution in [3.63, 3.8) is 0 Å². The number of sulfone groups is 1. The zero-order valence-corrected chi connectivity index (χ0v) is 16.5. The molecule has 1 aliphatic carbocycles. The van der Waals surface area contributed by atoms with E-state index in [1.807, 2.05) is 4.90 Å². The summed E-state index contributed by atoms with van der Waals surface area (Å²) in [5.41, 5.74) is -0.449. The maximum atomic E-state index is 13.5. The first-order valence-electron chi connectivity index (χ1n) is 8.99. The van der Waals surface area contributed by atoms with Gasteiger partial charge in [0, 0.05) is 19.3 Å². The summed E-state index contributed by atoms with van der Waals surface area (Å²) in [6.45, 7) is 0. The summed E-state index contributed by atoms with van der Waals surface area (Å²) in [7, 11) is -1.73. The number of carbonyl (C=O) groups is 1. The summed E-state index contributed by atoms with van der Waals surface area (Å²) < 4.78 is 51.5. The fraction of sp³-hybridized carbons (Fsp3) is 0.500. The van der Waals surface area contributed by atoms with Crippen LogP contribution in [0.5, 0.6) is 0 Å². The lowest BCUT2D eigenvalue weighted by Crippen LogP contribution is -2.35. The Hall–Kier alpha value is -2.36. The van der Waals surface area contributed by atoms with Crippen LogP contribution in [0.4, 0.5) is 14.6 Å². The van der Waals surface area contributed by atoms with Crippen molar-refractivity contribution in [3.05, 3.63) is 29.6 Å². The molecule has 0 aliphatic heterocycles. The molecule has 2 aromatic heterocycles. The van der Waals surface area contributed by atoms with Gasteiger partial charge in [0.05, 0.1) is 17.4 Å². The molecule has 1 fully saturated rings. The lowest BCUT2D eigenvalue weighted by Gasteiger charge is -2.33. The monoisotopic (exact) mass is 412 g/mol. The van der Waals surface area contributed by atoms with E-state index in [4.69, 9.17) is 0 Å². The van der Waals surface area contributed by atoms with Crippen LogP contribution in [0.15, 0.2) is 23.4 Å². The minimum Gasteiger partial charge on any atom is -0.356 e. The van der Waals surface area contributed by atoms with Gasteiger partial charge >= 0.3 is 0 Å². The number of aromatic nitrogens is 3. The van der Waals surface area contributed by atoms with Gasteiger partial charge < -0.3 is 4.90 Å². The van der Waals surface area contributed by atoms with Gasteiger partial charge in [-0.25, -0.2) is 26.9 Å². The van der Waals surface area contributed by atoms with Gasteiger partial charge in [0.2, 0.25) is 0 Å². The molecule has 7 nitrogen and oxygen atoms in total. The average molecular weight is 412 g/mol. The van der Waals surface area contributed by atoms with Gasteiger partial charge in [0.1, 0.15) is 11.5 Å². The normalized spacial score (nSPS) is 15.8. The summed E-state index contributed by atoms with van der Waals surface area (Å²) in [6.07, 6.45) is 4.77. The van der Waals surface area contributed by atoms with Gasteiger partial charge in [-0.1, -0.05) is 19.3 Å². The third-order valence-electron chi connectivity index (χ3n) is 5.05. The number of carbonyl (C=O) groups excluding carboxylic acids is 1. The fourth-order valence-corrected chi connectivity index (χ4v) is 4.15. The highest BCUT2D eigenvalue weighted by molar-refractivity contribution is 7.90. The minimum atomic E-state index is -3.49. The largest absolute Gasteiger partial charge is 0.356 e. The van der Waals surface area contributed by atoms with E-state index in [0.29, 0.717) is 12.0 Å². The lowest BCUT2D eigenvalue weighted by molar-refractivity contribution is 0.110. The van der Waals surface area contributed by atoms with Crippen LogP contribution < -0.4 is 4.90 Å². The van der Waals surface area contributed by atoms with Crippen molar-refractivity contribution in [1.29, 1.82) is 0 Å². The smallest absolute Gasteiger partial charge is 0.282 e. The third kappa shape index (κ3) is 3.91. The molecular weight excluding hydrogens is 390 g/mol. The van der Waals surface area contributed by atoms with E-state index in [0.717, 1.165) is 38.4 Å². The predicted molar refractivity (Wildman–Crippen MR) is 100 cm³/mol. The molecule has 3 rings (SSSR count). The van der Waals surface area contributed by atoms with Gasteiger partial charge in [-0.05, 0) is 25.0 Å². The van der Waals surface area contributed by atoms with Crippen LogP contribution >= 0.6 is 0 Å². The second kappa shape index (κ2) is 7.94. The summed E-state index contributed by atoms with van der Waals surface area (Å²) in [5.74, 6) is 0.270. The first-order chi connectivity index (χ1) is 13.2. The minimum absolute atomic E-state index is 0.108. The van der Waals surface area contributed by atoms with Crippen molar-refractivity contribution >= 4 is 21.9 Å². The molecule has 1 aliphatic rings. The van der Waals surface area contributed by atoms with Crippen LogP contribution in [-0.2, 0) is 9.84 Å². The Morgan fingerprint density at radius 2 is 1.93 bits per heavy atom. The number of aldehydes is 1. The molecular formula is C18H22F2N4O3S. The molecule has 0 atom stereocenters. The van der Waals surface area contributed by atoms with Crippen molar-refractivity contribution in [3.8, 4) is 5.69 Å². The Kier molecular flexibility index (Phi) is 5.78. The number of halogens is 2. The summed E-state index contributed by atoms with van der Waals surface area (Å²) in [6, 6.07) is 2.84. The van der Waals surface area contributed by atoms with Crippen LogP contribution in [-0.4, -0.2) is 48.8 Å². The molecule has 0 saturated heterocycles. The quantitative estimate of drug-likeness (QED) is 0.678. The Bertz CT molecular complexity index is 952. The molecule has 0 spiro atoms. The summed E-state index contributed by atoms with van der Waals surface area (Å²) in [4.78, 5) is 17.4. The molecule has 0 amide bonds. The molecule has 28 heavy (non-hydrogen) atoms. The van der Waals surface area contributed by atoms with E-state index < -0.39 is 22.0 Å². The van der Waals surface area contributed by atoms with Gasteiger partial charge in [0.25, 0.3) is 6.43 Å². The molecule has 0 radical (unpaired) electrons. The highest BCUT2D eigenvalue weighted by Gasteiger charge is 2.30. The van der Waals surface area contributed by atoms with Crippen molar-refractivity contribution in [2.75, 3.05) is 18.2 Å². The van der Waals surface area contributed by atoms with E-state index in [9.17, 15) is 22.0 Å². The van der Waals surface area contributed by atoms with Crippen LogP contribution in [0.2, 0.25) is 0 Å². The second-order valence-corrected chi connectivity index (χ2v) is 8.95. The molecule has 2 heterocycles. The fourth-order valence-electron chi connectivity index (χ4n) is 3.59. The first kappa shape index (κ1) is 20.4. The SMILES string of the molecule is CN(c1c(C=O)c(C(F)F)nn1-c1ccc(S(C)(=O)=O)nc1)C1CCCCC1. The molecule has 0 unspecified atom stereocenters. The van der Waals surface area contributed by atoms with Crippen LogP contribution in [0.1, 0.15) is 54.6 Å².